The Bertz CT molecular complexity index is 539. The SMILES string of the molecule is CCCCC[C@H](c1cccc2c1OC(F)(F)O2)N1CCNCC1.Cl. The first-order chi connectivity index (χ1) is 11.1. The second-order valence-electron chi connectivity index (χ2n) is 6.14. The van der Waals surface area contributed by atoms with Crippen LogP contribution in [0, 0.1) is 0 Å². The summed E-state index contributed by atoms with van der Waals surface area (Å²) >= 11 is 0. The van der Waals surface area contributed by atoms with Crippen molar-refractivity contribution in [3.63, 3.8) is 0 Å². The maximum atomic E-state index is 13.5. The van der Waals surface area contributed by atoms with Gasteiger partial charge in [-0.1, -0.05) is 38.3 Å². The fourth-order valence-corrected chi connectivity index (χ4v) is 3.37. The number of hydrogen-bond donors (Lipinski definition) is 1. The highest BCUT2D eigenvalue weighted by atomic mass is 35.5. The average Bonchev–Trinajstić information content (AvgIpc) is 2.86. The molecule has 0 bridgehead atoms. The van der Waals surface area contributed by atoms with Gasteiger partial charge in [-0.25, -0.2) is 0 Å². The van der Waals surface area contributed by atoms with Gasteiger partial charge in [0.2, 0.25) is 0 Å². The number of fused-ring (bicyclic) bond motifs is 1. The molecule has 7 heteroatoms. The van der Waals surface area contributed by atoms with Crippen LogP contribution >= 0.6 is 12.4 Å². The number of hydrogen-bond acceptors (Lipinski definition) is 4. The molecule has 3 rings (SSSR count). The van der Waals surface area contributed by atoms with Crippen molar-refractivity contribution < 1.29 is 18.3 Å². The summed E-state index contributed by atoms with van der Waals surface area (Å²) in [5.74, 6) is 0.348. The molecule has 0 unspecified atom stereocenters. The molecular weight excluding hydrogens is 338 g/mol. The van der Waals surface area contributed by atoms with Gasteiger partial charge in [-0.3, -0.25) is 4.90 Å². The minimum atomic E-state index is -3.56. The summed E-state index contributed by atoms with van der Waals surface area (Å²) in [6, 6.07) is 5.30. The summed E-state index contributed by atoms with van der Waals surface area (Å²) in [7, 11) is 0. The van der Waals surface area contributed by atoms with Gasteiger partial charge in [-0.05, 0) is 12.5 Å². The molecule has 0 amide bonds. The topological polar surface area (TPSA) is 33.7 Å². The zero-order chi connectivity index (χ0) is 16.3. The van der Waals surface area contributed by atoms with Crippen molar-refractivity contribution in [1.82, 2.24) is 10.2 Å². The van der Waals surface area contributed by atoms with Gasteiger partial charge in [0.25, 0.3) is 0 Å². The number of para-hydroxylation sites is 1. The standard InChI is InChI=1S/C17H24F2N2O2.ClH/c1-2-3-4-7-14(21-11-9-20-10-12-21)13-6-5-8-15-16(13)23-17(18,19)22-15;/h5-6,8,14,20H,2-4,7,9-12H2,1H3;1H/t14-;/m1./s1. The first kappa shape index (κ1) is 19.2. The third kappa shape index (κ3) is 4.29. The predicted octanol–water partition coefficient (Wildman–Crippen LogP) is 3.96. The zero-order valence-corrected chi connectivity index (χ0v) is 14.7. The van der Waals surface area contributed by atoms with Gasteiger partial charge >= 0.3 is 6.29 Å². The molecule has 1 fully saturated rings. The van der Waals surface area contributed by atoms with Gasteiger partial charge in [0, 0.05) is 37.8 Å². The molecule has 136 valence electrons. The second-order valence-corrected chi connectivity index (χ2v) is 6.14. The molecule has 2 heterocycles. The molecule has 1 aromatic rings. The van der Waals surface area contributed by atoms with Crippen LogP contribution in [0.15, 0.2) is 18.2 Å². The highest BCUT2D eigenvalue weighted by molar-refractivity contribution is 5.85. The summed E-state index contributed by atoms with van der Waals surface area (Å²) in [4.78, 5) is 2.36. The quantitative estimate of drug-likeness (QED) is 0.777. The van der Waals surface area contributed by atoms with Crippen LogP contribution in [0.3, 0.4) is 0 Å². The molecule has 0 aromatic heterocycles. The maximum Gasteiger partial charge on any atom is 0.586 e. The fourth-order valence-electron chi connectivity index (χ4n) is 3.37. The van der Waals surface area contributed by atoms with Crippen molar-refractivity contribution >= 4 is 12.4 Å². The normalized spacial score (nSPS) is 20.5. The number of benzene rings is 1. The molecule has 0 radical (unpaired) electrons. The molecule has 1 saturated heterocycles. The number of halogens is 3. The molecule has 4 nitrogen and oxygen atoms in total. The summed E-state index contributed by atoms with van der Waals surface area (Å²) in [6.45, 7) is 5.84. The summed E-state index contributed by atoms with van der Waals surface area (Å²) < 4.78 is 36.3. The fraction of sp³-hybridized carbons (Fsp3) is 0.647. The number of nitrogens with one attached hydrogen (secondary N) is 1. The van der Waals surface area contributed by atoms with Gasteiger partial charge in [-0.15, -0.1) is 21.2 Å². The van der Waals surface area contributed by atoms with Crippen molar-refractivity contribution in [1.29, 1.82) is 0 Å². The Hall–Kier alpha value is -1.11. The lowest BCUT2D eigenvalue weighted by atomic mass is 9.97. The van der Waals surface area contributed by atoms with Crippen molar-refractivity contribution in [2.45, 2.75) is 44.9 Å². The molecular formula is C17H25ClF2N2O2. The van der Waals surface area contributed by atoms with Crippen LogP contribution in [0.1, 0.15) is 44.2 Å². The third-order valence-electron chi connectivity index (χ3n) is 4.49. The lowest BCUT2D eigenvalue weighted by Crippen LogP contribution is -2.45. The Morgan fingerprint density at radius 1 is 1.21 bits per heavy atom. The van der Waals surface area contributed by atoms with E-state index in [-0.39, 0.29) is 29.9 Å². The van der Waals surface area contributed by atoms with Crippen molar-refractivity contribution in [2.24, 2.45) is 0 Å². The maximum absolute atomic E-state index is 13.5. The molecule has 0 saturated carbocycles. The van der Waals surface area contributed by atoms with Gasteiger partial charge in [-0.2, -0.15) is 0 Å². The van der Waals surface area contributed by atoms with Gasteiger partial charge in [0.15, 0.2) is 11.5 Å². The molecule has 1 N–H and O–H groups in total. The van der Waals surface area contributed by atoms with E-state index in [0.717, 1.165) is 57.4 Å². The third-order valence-corrected chi connectivity index (χ3v) is 4.49. The highest BCUT2D eigenvalue weighted by Gasteiger charge is 2.45. The van der Waals surface area contributed by atoms with Crippen LogP contribution in [0.25, 0.3) is 0 Å². The minimum absolute atomic E-state index is 0. The smallest absolute Gasteiger partial charge is 0.395 e. The first-order valence-electron chi connectivity index (χ1n) is 8.44. The molecule has 24 heavy (non-hydrogen) atoms. The van der Waals surface area contributed by atoms with Gasteiger partial charge < -0.3 is 14.8 Å². The van der Waals surface area contributed by atoms with E-state index in [1.165, 1.54) is 0 Å². The molecule has 0 aliphatic carbocycles. The second kappa shape index (κ2) is 8.32. The number of unbranched alkanes of at least 4 members (excludes halogenated alkanes) is 2. The van der Waals surface area contributed by atoms with E-state index in [1.54, 1.807) is 12.1 Å². The van der Waals surface area contributed by atoms with Gasteiger partial charge in [0.1, 0.15) is 0 Å². The minimum Gasteiger partial charge on any atom is -0.395 e. The Morgan fingerprint density at radius 3 is 2.67 bits per heavy atom. The lowest BCUT2D eigenvalue weighted by molar-refractivity contribution is -0.287. The van der Waals surface area contributed by atoms with Crippen LogP contribution < -0.4 is 14.8 Å². The Morgan fingerprint density at radius 2 is 1.96 bits per heavy atom. The van der Waals surface area contributed by atoms with Crippen molar-refractivity contribution in [3.05, 3.63) is 23.8 Å². The number of rotatable bonds is 6. The monoisotopic (exact) mass is 362 g/mol. The lowest BCUT2D eigenvalue weighted by Gasteiger charge is -2.35. The zero-order valence-electron chi connectivity index (χ0n) is 13.9. The van der Waals surface area contributed by atoms with E-state index in [9.17, 15) is 8.78 Å². The highest BCUT2D eigenvalue weighted by Crippen LogP contribution is 2.47. The molecule has 1 atom stereocenters. The Balaban J connectivity index is 0.00000208. The summed E-state index contributed by atoms with van der Waals surface area (Å²) in [6.07, 6.45) is 0.741. The average molecular weight is 363 g/mol. The Kier molecular flexibility index (Phi) is 6.66. The van der Waals surface area contributed by atoms with Crippen LogP contribution in [-0.4, -0.2) is 37.4 Å². The number of nitrogens with zero attached hydrogens (tertiary/aromatic N) is 1. The first-order valence-corrected chi connectivity index (χ1v) is 8.44. The van der Waals surface area contributed by atoms with Crippen LogP contribution in [0.2, 0.25) is 0 Å². The molecule has 2 aliphatic heterocycles. The Labute approximate surface area is 147 Å². The van der Waals surface area contributed by atoms with Gasteiger partial charge in [0.05, 0.1) is 0 Å². The summed E-state index contributed by atoms with van der Waals surface area (Å²) in [5, 5.41) is 3.34. The number of piperazine rings is 1. The molecule has 0 spiro atoms. The van der Waals surface area contributed by atoms with Crippen LogP contribution in [0.5, 0.6) is 11.5 Å². The van der Waals surface area contributed by atoms with E-state index >= 15 is 0 Å². The van der Waals surface area contributed by atoms with Crippen molar-refractivity contribution in [3.8, 4) is 11.5 Å². The predicted molar refractivity (Wildman–Crippen MR) is 91.2 cm³/mol. The molecule has 2 aliphatic rings. The van der Waals surface area contributed by atoms with Crippen LogP contribution in [0.4, 0.5) is 8.78 Å². The van der Waals surface area contributed by atoms with E-state index in [4.69, 9.17) is 4.74 Å². The number of alkyl halides is 2. The van der Waals surface area contributed by atoms with Crippen LogP contribution in [-0.2, 0) is 0 Å². The summed E-state index contributed by atoms with van der Waals surface area (Å²) in [5.41, 5.74) is 0.817. The van der Waals surface area contributed by atoms with E-state index in [1.807, 2.05) is 6.07 Å². The largest absolute Gasteiger partial charge is 0.586 e. The number of ether oxygens (including phenoxy) is 2. The van der Waals surface area contributed by atoms with E-state index in [0.29, 0.717) is 0 Å². The van der Waals surface area contributed by atoms with E-state index < -0.39 is 6.29 Å². The van der Waals surface area contributed by atoms with Crippen molar-refractivity contribution in [2.75, 3.05) is 26.2 Å². The molecule has 1 aromatic carbocycles. The van der Waals surface area contributed by atoms with E-state index in [2.05, 4.69) is 21.9 Å².